The van der Waals surface area contributed by atoms with Gasteiger partial charge in [0.1, 0.15) is 11.6 Å². The zero-order chi connectivity index (χ0) is 24.8. The van der Waals surface area contributed by atoms with Crippen molar-refractivity contribution in [2.24, 2.45) is 0 Å². The number of nitrogens with zero attached hydrogens (tertiary/aromatic N) is 3. The van der Waals surface area contributed by atoms with E-state index < -0.39 is 5.82 Å². The summed E-state index contributed by atoms with van der Waals surface area (Å²) in [5, 5.41) is 22.6. The summed E-state index contributed by atoms with van der Waals surface area (Å²) in [6.07, 6.45) is 5.42. The van der Waals surface area contributed by atoms with Crippen LogP contribution in [0.15, 0.2) is 73.2 Å². The summed E-state index contributed by atoms with van der Waals surface area (Å²) in [6.45, 7) is 4.17. The average molecular weight is 479 g/mol. The number of hydrogen-bond donors (Lipinski definition) is 4. The number of H-pyrrole nitrogens is 2. The van der Waals surface area contributed by atoms with Crippen molar-refractivity contribution >= 4 is 27.6 Å². The Kier molecular flexibility index (Phi) is 5.14. The molecule has 0 amide bonds. The van der Waals surface area contributed by atoms with Gasteiger partial charge in [-0.3, -0.25) is 10.1 Å². The largest absolute Gasteiger partial charge is 0.508 e. The fraction of sp³-hybridized carbons (Fsp3) is 0.107. The normalized spacial score (nSPS) is 11.6. The minimum atomic E-state index is -0.488. The molecule has 7 nitrogen and oxygen atoms in total. The van der Waals surface area contributed by atoms with Crippen molar-refractivity contribution < 1.29 is 9.50 Å². The zero-order valence-corrected chi connectivity index (χ0v) is 19.7. The first-order valence-corrected chi connectivity index (χ1v) is 11.6. The van der Waals surface area contributed by atoms with Crippen LogP contribution in [0.4, 0.5) is 10.1 Å². The number of nitrogens with one attached hydrogen (secondary N) is 3. The fourth-order valence-corrected chi connectivity index (χ4v) is 4.54. The van der Waals surface area contributed by atoms with E-state index in [9.17, 15) is 9.50 Å². The van der Waals surface area contributed by atoms with Crippen molar-refractivity contribution in [3.63, 3.8) is 0 Å². The van der Waals surface area contributed by atoms with Crippen LogP contribution in [0.3, 0.4) is 0 Å². The maximum Gasteiger partial charge on any atom is 0.181 e. The molecule has 0 fully saturated rings. The molecule has 0 aliphatic heterocycles. The van der Waals surface area contributed by atoms with Gasteiger partial charge in [0, 0.05) is 58.1 Å². The molecule has 8 heteroatoms. The Morgan fingerprint density at radius 2 is 1.78 bits per heavy atom. The maximum absolute atomic E-state index is 14.0. The van der Waals surface area contributed by atoms with Gasteiger partial charge in [-0.15, -0.1) is 0 Å². The van der Waals surface area contributed by atoms with E-state index in [1.807, 2.05) is 36.5 Å². The van der Waals surface area contributed by atoms with Crippen LogP contribution in [0.2, 0.25) is 0 Å². The van der Waals surface area contributed by atoms with Crippen LogP contribution >= 0.6 is 0 Å². The molecule has 0 saturated carbocycles. The second-order valence-electron chi connectivity index (χ2n) is 9.10. The highest BCUT2D eigenvalue weighted by Gasteiger charge is 2.15. The number of phenolic OH excluding ortho intramolecular Hbond substituents is 1. The lowest BCUT2D eigenvalue weighted by atomic mass is 10.0. The number of rotatable bonds is 5. The Morgan fingerprint density at radius 1 is 0.917 bits per heavy atom. The SMILES string of the molecule is CC(C)Nc1cncc(-c2cnc3n[nH]c(-c4cc5c(-c6cc(O)cc(F)c6)cccc5[nH]4)c3c2)c1. The molecule has 36 heavy (non-hydrogen) atoms. The first kappa shape index (κ1) is 21.8. The van der Waals surface area contributed by atoms with E-state index in [0.29, 0.717) is 17.3 Å². The monoisotopic (exact) mass is 478 g/mol. The number of aromatic amines is 2. The molecule has 0 saturated heterocycles. The summed E-state index contributed by atoms with van der Waals surface area (Å²) in [7, 11) is 0. The molecule has 6 aromatic rings. The van der Waals surface area contributed by atoms with Crippen molar-refractivity contribution in [1.82, 2.24) is 25.1 Å². The fourth-order valence-electron chi connectivity index (χ4n) is 4.54. The number of aromatic hydroxyl groups is 1. The molecule has 4 N–H and O–H groups in total. The van der Waals surface area contributed by atoms with Gasteiger partial charge in [-0.2, -0.15) is 5.10 Å². The smallest absolute Gasteiger partial charge is 0.181 e. The third-order valence-corrected chi connectivity index (χ3v) is 6.06. The third kappa shape index (κ3) is 3.92. The molecule has 4 aromatic heterocycles. The van der Waals surface area contributed by atoms with Crippen LogP contribution in [0.1, 0.15) is 13.8 Å². The van der Waals surface area contributed by atoms with Crippen LogP contribution in [-0.4, -0.2) is 36.3 Å². The van der Waals surface area contributed by atoms with E-state index >= 15 is 0 Å². The van der Waals surface area contributed by atoms with Gasteiger partial charge in [-0.05, 0) is 61.4 Å². The molecule has 4 heterocycles. The average Bonchev–Trinajstić information content (AvgIpc) is 3.46. The second-order valence-corrected chi connectivity index (χ2v) is 9.10. The Bertz CT molecular complexity index is 1720. The number of anilines is 1. The van der Waals surface area contributed by atoms with Crippen molar-refractivity contribution in [3.8, 4) is 39.4 Å². The molecule has 0 aliphatic rings. The predicted octanol–water partition coefficient (Wildman–Crippen LogP) is 6.50. The lowest BCUT2D eigenvalue weighted by Crippen LogP contribution is -2.09. The lowest BCUT2D eigenvalue weighted by Gasteiger charge is -2.10. The van der Waals surface area contributed by atoms with Crippen molar-refractivity contribution in [3.05, 3.63) is 79.0 Å². The van der Waals surface area contributed by atoms with Gasteiger partial charge in [0.2, 0.25) is 0 Å². The van der Waals surface area contributed by atoms with E-state index in [-0.39, 0.29) is 5.75 Å². The molecule has 2 aromatic carbocycles. The molecule has 6 rings (SSSR count). The highest BCUT2D eigenvalue weighted by molar-refractivity contribution is 6.01. The molecule has 0 bridgehead atoms. The van der Waals surface area contributed by atoms with Crippen LogP contribution in [0.5, 0.6) is 5.75 Å². The number of pyridine rings is 2. The highest BCUT2D eigenvalue weighted by Crippen LogP contribution is 2.36. The Hall–Kier alpha value is -4.72. The first-order valence-electron chi connectivity index (χ1n) is 11.6. The van der Waals surface area contributed by atoms with Crippen LogP contribution in [-0.2, 0) is 0 Å². The lowest BCUT2D eigenvalue weighted by molar-refractivity contribution is 0.469. The second kappa shape index (κ2) is 8.49. The topological polar surface area (TPSA) is 103 Å². The molecule has 178 valence electrons. The standard InChI is InChI=1S/C28H23FN6O/c1-15(2)32-20-7-17(12-30-14-20)18-9-24-27(34-35-28(24)31-13-18)26-11-23-22(4-3-5-25(23)33-26)16-6-19(29)10-21(36)8-16/h3-15,32-33,36H,1-2H3,(H,31,34,35). The molecule has 0 radical (unpaired) electrons. The van der Waals surface area contributed by atoms with Crippen molar-refractivity contribution in [2.75, 3.05) is 5.32 Å². The highest BCUT2D eigenvalue weighted by atomic mass is 19.1. The van der Waals surface area contributed by atoms with E-state index in [4.69, 9.17) is 0 Å². The number of phenols is 1. The van der Waals surface area contributed by atoms with Gasteiger partial charge in [0.15, 0.2) is 5.65 Å². The van der Waals surface area contributed by atoms with E-state index in [2.05, 4.69) is 50.4 Å². The zero-order valence-electron chi connectivity index (χ0n) is 19.7. The summed E-state index contributed by atoms with van der Waals surface area (Å²) in [5.41, 5.74) is 7.35. The summed E-state index contributed by atoms with van der Waals surface area (Å²) >= 11 is 0. The predicted molar refractivity (Wildman–Crippen MR) is 140 cm³/mol. The molecule has 0 unspecified atom stereocenters. The molecule has 0 aliphatic carbocycles. The molecule has 0 spiro atoms. The minimum absolute atomic E-state index is 0.113. The van der Waals surface area contributed by atoms with E-state index in [1.54, 1.807) is 18.5 Å². The van der Waals surface area contributed by atoms with Crippen molar-refractivity contribution in [1.29, 1.82) is 0 Å². The van der Waals surface area contributed by atoms with Gasteiger partial charge < -0.3 is 15.4 Å². The number of aromatic nitrogens is 5. The number of halogens is 1. The van der Waals surface area contributed by atoms with E-state index in [0.717, 1.165) is 56.1 Å². The third-order valence-electron chi connectivity index (χ3n) is 6.06. The number of fused-ring (bicyclic) bond motifs is 2. The molecular weight excluding hydrogens is 455 g/mol. The van der Waals surface area contributed by atoms with Gasteiger partial charge >= 0.3 is 0 Å². The quantitative estimate of drug-likeness (QED) is 0.226. The number of benzene rings is 2. The van der Waals surface area contributed by atoms with E-state index in [1.165, 1.54) is 6.07 Å². The number of hydrogen-bond acceptors (Lipinski definition) is 5. The van der Waals surface area contributed by atoms with Gasteiger partial charge in [0.05, 0.1) is 17.1 Å². The first-order chi connectivity index (χ1) is 17.4. The summed E-state index contributed by atoms with van der Waals surface area (Å²) in [5.74, 6) is -0.601. The van der Waals surface area contributed by atoms with Crippen LogP contribution in [0, 0.1) is 5.82 Å². The summed E-state index contributed by atoms with van der Waals surface area (Å²) in [6, 6.07) is 16.2. The Morgan fingerprint density at radius 3 is 2.61 bits per heavy atom. The van der Waals surface area contributed by atoms with Gasteiger partial charge in [-0.25, -0.2) is 9.37 Å². The molecule has 0 atom stereocenters. The van der Waals surface area contributed by atoms with Crippen LogP contribution < -0.4 is 5.32 Å². The minimum Gasteiger partial charge on any atom is -0.508 e. The van der Waals surface area contributed by atoms with Gasteiger partial charge in [0.25, 0.3) is 0 Å². The van der Waals surface area contributed by atoms with Crippen molar-refractivity contribution in [2.45, 2.75) is 19.9 Å². The van der Waals surface area contributed by atoms with Crippen LogP contribution in [0.25, 0.3) is 55.6 Å². The summed E-state index contributed by atoms with van der Waals surface area (Å²) < 4.78 is 14.0. The Balaban J connectivity index is 1.45. The van der Waals surface area contributed by atoms with Gasteiger partial charge in [-0.1, -0.05) is 12.1 Å². The summed E-state index contributed by atoms with van der Waals surface area (Å²) in [4.78, 5) is 12.4. The molecular formula is C28H23FN6O. The maximum atomic E-state index is 14.0. The Labute approximate surface area is 206 Å².